The van der Waals surface area contributed by atoms with E-state index in [1.54, 1.807) is 0 Å². The minimum Gasteiger partial charge on any atom is -0.480 e. The molecule has 5 nitrogen and oxygen atoms in total. The van der Waals surface area contributed by atoms with E-state index in [1.807, 2.05) is 13.0 Å². The number of benzene rings is 1. The van der Waals surface area contributed by atoms with Gasteiger partial charge >= 0.3 is 5.97 Å². The summed E-state index contributed by atoms with van der Waals surface area (Å²) in [6.07, 6.45) is 0.524. The number of aliphatic hydroxyl groups is 1. The molecule has 3 N–H and O–H groups in total. The Balaban J connectivity index is 2.42. The molecule has 116 valence electrons. The molecule has 1 amide bonds. The summed E-state index contributed by atoms with van der Waals surface area (Å²) in [6.45, 7) is 5.44. The monoisotopic (exact) mass is 293 g/mol. The van der Waals surface area contributed by atoms with Gasteiger partial charge in [-0.05, 0) is 50.3 Å². The molecule has 0 aliphatic heterocycles. The Morgan fingerprint density at radius 1 is 1.24 bits per heavy atom. The number of carbonyl (C=O) groups is 2. The summed E-state index contributed by atoms with van der Waals surface area (Å²) in [7, 11) is 0. The quantitative estimate of drug-likeness (QED) is 0.712. The number of carbonyl (C=O) groups excluding carboxylic acids is 1. The summed E-state index contributed by atoms with van der Waals surface area (Å²) in [4.78, 5) is 22.6. The van der Waals surface area contributed by atoms with Gasteiger partial charge in [0, 0.05) is 6.42 Å². The van der Waals surface area contributed by atoms with Crippen molar-refractivity contribution in [2.75, 3.05) is 0 Å². The van der Waals surface area contributed by atoms with Gasteiger partial charge in [-0.25, -0.2) is 4.79 Å². The molecule has 0 fully saturated rings. The van der Waals surface area contributed by atoms with Crippen LogP contribution in [0.2, 0.25) is 0 Å². The molecule has 0 aromatic heterocycles. The topological polar surface area (TPSA) is 86.6 Å². The predicted octanol–water partition coefficient (Wildman–Crippen LogP) is 1.58. The van der Waals surface area contributed by atoms with Crippen LogP contribution in [0.5, 0.6) is 0 Å². The fourth-order valence-electron chi connectivity index (χ4n) is 2.05. The molecule has 21 heavy (non-hydrogen) atoms. The second-order valence-corrected chi connectivity index (χ2v) is 5.40. The Morgan fingerprint density at radius 3 is 2.43 bits per heavy atom. The van der Waals surface area contributed by atoms with Crippen LogP contribution in [0.4, 0.5) is 0 Å². The highest BCUT2D eigenvalue weighted by molar-refractivity contribution is 5.83. The van der Waals surface area contributed by atoms with Gasteiger partial charge in [-0.15, -0.1) is 0 Å². The summed E-state index contributed by atoms with van der Waals surface area (Å²) in [6, 6.07) is 4.94. The molecule has 0 bridgehead atoms. The van der Waals surface area contributed by atoms with Crippen LogP contribution in [0.15, 0.2) is 18.2 Å². The first-order valence-electron chi connectivity index (χ1n) is 7.07. The molecule has 1 aromatic carbocycles. The van der Waals surface area contributed by atoms with Crippen molar-refractivity contribution >= 4 is 11.9 Å². The molecule has 1 aromatic rings. The lowest BCUT2D eigenvalue weighted by atomic mass is 10.0. The van der Waals surface area contributed by atoms with E-state index < -0.39 is 18.1 Å². The van der Waals surface area contributed by atoms with Gasteiger partial charge in [-0.1, -0.05) is 18.2 Å². The number of nitrogens with one attached hydrogen (secondary N) is 1. The Hall–Kier alpha value is -1.88. The summed E-state index contributed by atoms with van der Waals surface area (Å²) in [5.74, 6) is -1.58. The SMILES string of the molecule is Cc1ccc(CCCC(=O)NC(C(=O)O)C(C)O)cc1C. The number of amides is 1. The largest absolute Gasteiger partial charge is 0.480 e. The van der Waals surface area contributed by atoms with Gasteiger partial charge in [0.1, 0.15) is 0 Å². The number of aryl methyl sites for hydroxylation is 3. The molecule has 0 spiro atoms. The normalized spacial score (nSPS) is 13.5. The maximum atomic E-state index is 11.7. The number of carboxylic acids is 1. The number of aliphatic carboxylic acids is 1. The van der Waals surface area contributed by atoms with Crippen molar-refractivity contribution in [3.8, 4) is 0 Å². The zero-order valence-electron chi connectivity index (χ0n) is 12.7. The standard InChI is InChI=1S/C16H23NO4/c1-10-7-8-13(9-11(10)2)5-4-6-14(19)17-15(12(3)18)16(20)21/h7-9,12,15,18H,4-6H2,1-3H3,(H,17,19)(H,20,21). The van der Waals surface area contributed by atoms with Crippen LogP contribution in [0.25, 0.3) is 0 Å². The average molecular weight is 293 g/mol. The van der Waals surface area contributed by atoms with Crippen LogP contribution in [0, 0.1) is 13.8 Å². The molecule has 0 saturated heterocycles. The molecule has 0 aliphatic carbocycles. The highest BCUT2D eigenvalue weighted by Crippen LogP contribution is 2.12. The first-order valence-corrected chi connectivity index (χ1v) is 7.07. The summed E-state index contributed by atoms with van der Waals surface area (Å²) >= 11 is 0. The van der Waals surface area contributed by atoms with E-state index in [0.717, 1.165) is 12.0 Å². The van der Waals surface area contributed by atoms with Gasteiger partial charge in [0.15, 0.2) is 6.04 Å². The highest BCUT2D eigenvalue weighted by atomic mass is 16.4. The van der Waals surface area contributed by atoms with Gasteiger partial charge in [-0.2, -0.15) is 0 Å². The van der Waals surface area contributed by atoms with E-state index in [4.69, 9.17) is 5.11 Å². The Morgan fingerprint density at radius 2 is 1.90 bits per heavy atom. The predicted molar refractivity (Wildman–Crippen MR) is 80.1 cm³/mol. The molecule has 0 aliphatic rings. The van der Waals surface area contributed by atoms with Gasteiger partial charge in [0.05, 0.1) is 6.10 Å². The lowest BCUT2D eigenvalue weighted by Gasteiger charge is -2.16. The van der Waals surface area contributed by atoms with Crippen LogP contribution in [0.1, 0.15) is 36.5 Å². The highest BCUT2D eigenvalue weighted by Gasteiger charge is 2.24. The van der Waals surface area contributed by atoms with Crippen molar-refractivity contribution in [1.29, 1.82) is 0 Å². The van der Waals surface area contributed by atoms with E-state index in [9.17, 15) is 14.7 Å². The first kappa shape index (κ1) is 17.2. The number of carboxylic acid groups (broad SMARTS) is 1. The van der Waals surface area contributed by atoms with Gasteiger partial charge in [0.2, 0.25) is 5.91 Å². The minimum atomic E-state index is -1.25. The van der Waals surface area contributed by atoms with Crippen LogP contribution < -0.4 is 5.32 Å². The molecule has 2 atom stereocenters. The minimum absolute atomic E-state index is 0.240. The number of aliphatic hydroxyl groups excluding tert-OH is 1. The molecule has 1 rings (SSSR count). The maximum absolute atomic E-state index is 11.7. The molecular formula is C16H23NO4. The lowest BCUT2D eigenvalue weighted by molar-refractivity contribution is -0.144. The lowest BCUT2D eigenvalue weighted by Crippen LogP contribution is -2.47. The molecule has 0 radical (unpaired) electrons. The summed E-state index contributed by atoms with van der Waals surface area (Å²) in [5.41, 5.74) is 3.62. The second kappa shape index (κ2) is 7.78. The van der Waals surface area contributed by atoms with Crippen LogP contribution in [-0.4, -0.2) is 34.2 Å². The van der Waals surface area contributed by atoms with Crippen LogP contribution in [-0.2, 0) is 16.0 Å². The third-order valence-electron chi connectivity index (χ3n) is 3.51. The Bertz CT molecular complexity index is 511. The Labute approximate surface area is 125 Å². The van der Waals surface area contributed by atoms with Crippen molar-refractivity contribution in [3.05, 3.63) is 34.9 Å². The first-order chi connectivity index (χ1) is 9.81. The average Bonchev–Trinajstić information content (AvgIpc) is 2.39. The van der Waals surface area contributed by atoms with Gasteiger partial charge in [-0.3, -0.25) is 4.79 Å². The fraction of sp³-hybridized carbons (Fsp3) is 0.500. The van der Waals surface area contributed by atoms with Crippen LogP contribution >= 0.6 is 0 Å². The van der Waals surface area contributed by atoms with Crippen molar-refractivity contribution in [2.45, 2.75) is 52.2 Å². The fourth-order valence-corrected chi connectivity index (χ4v) is 2.05. The zero-order valence-corrected chi connectivity index (χ0v) is 12.7. The van der Waals surface area contributed by atoms with Gasteiger partial charge < -0.3 is 15.5 Å². The number of hydrogen-bond donors (Lipinski definition) is 3. The van der Waals surface area contributed by atoms with E-state index in [2.05, 4.69) is 24.4 Å². The smallest absolute Gasteiger partial charge is 0.328 e. The van der Waals surface area contributed by atoms with Crippen molar-refractivity contribution in [1.82, 2.24) is 5.32 Å². The number of rotatable bonds is 7. The van der Waals surface area contributed by atoms with Crippen molar-refractivity contribution in [2.24, 2.45) is 0 Å². The van der Waals surface area contributed by atoms with E-state index in [1.165, 1.54) is 18.1 Å². The molecular weight excluding hydrogens is 270 g/mol. The maximum Gasteiger partial charge on any atom is 0.328 e. The van der Waals surface area contributed by atoms with Crippen LogP contribution in [0.3, 0.4) is 0 Å². The van der Waals surface area contributed by atoms with E-state index in [-0.39, 0.29) is 12.3 Å². The third kappa shape index (κ3) is 5.55. The third-order valence-corrected chi connectivity index (χ3v) is 3.51. The zero-order chi connectivity index (χ0) is 16.0. The number of hydrogen-bond acceptors (Lipinski definition) is 3. The molecule has 0 saturated carbocycles. The summed E-state index contributed by atoms with van der Waals surface area (Å²) < 4.78 is 0. The van der Waals surface area contributed by atoms with E-state index >= 15 is 0 Å². The summed E-state index contributed by atoms with van der Waals surface area (Å²) in [5, 5.41) is 20.5. The van der Waals surface area contributed by atoms with Gasteiger partial charge in [0.25, 0.3) is 0 Å². The second-order valence-electron chi connectivity index (χ2n) is 5.40. The van der Waals surface area contributed by atoms with Crippen molar-refractivity contribution < 1.29 is 19.8 Å². The molecule has 2 unspecified atom stereocenters. The molecule has 0 heterocycles. The van der Waals surface area contributed by atoms with Crippen molar-refractivity contribution in [3.63, 3.8) is 0 Å². The molecule has 5 heteroatoms. The Kier molecular flexibility index (Phi) is 6.37. The van der Waals surface area contributed by atoms with E-state index in [0.29, 0.717) is 6.42 Å².